The fourth-order valence-corrected chi connectivity index (χ4v) is 3.09. The van der Waals surface area contributed by atoms with Crippen molar-refractivity contribution < 1.29 is 9.59 Å². The monoisotopic (exact) mass is 364 g/mol. The Morgan fingerprint density at radius 2 is 1.93 bits per heavy atom. The van der Waals surface area contributed by atoms with E-state index in [1.807, 2.05) is 55.2 Å². The highest BCUT2D eigenvalue weighted by molar-refractivity contribution is 5.96. The Hall–Kier alpha value is -3.15. The van der Waals surface area contributed by atoms with Crippen LogP contribution in [0.25, 0.3) is 22.0 Å². The molecule has 0 saturated carbocycles. The first-order valence-corrected chi connectivity index (χ1v) is 8.90. The van der Waals surface area contributed by atoms with Gasteiger partial charge < -0.3 is 10.2 Å². The summed E-state index contributed by atoms with van der Waals surface area (Å²) in [4.78, 5) is 26.0. The van der Waals surface area contributed by atoms with Gasteiger partial charge in [-0.1, -0.05) is 18.2 Å². The van der Waals surface area contributed by atoms with Crippen LogP contribution in [-0.4, -0.2) is 46.6 Å². The molecule has 2 amide bonds. The third-order valence-electron chi connectivity index (χ3n) is 4.93. The SMILES string of the molecule is CNC(=O)C[C@H](C)N(C)C(=O)c1cccc(-c2ccc3c(cnn3C)c2)c1. The van der Waals surface area contributed by atoms with Gasteiger partial charge in [-0.15, -0.1) is 0 Å². The molecule has 1 heterocycles. The second-order valence-electron chi connectivity index (χ2n) is 6.76. The van der Waals surface area contributed by atoms with Crippen LogP contribution in [0.5, 0.6) is 0 Å². The number of nitrogens with zero attached hydrogens (tertiary/aromatic N) is 3. The minimum Gasteiger partial charge on any atom is -0.359 e. The molecule has 3 rings (SSSR count). The summed E-state index contributed by atoms with van der Waals surface area (Å²) in [6.07, 6.45) is 2.11. The number of benzene rings is 2. The number of amides is 2. The molecule has 3 aromatic rings. The number of hydrogen-bond acceptors (Lipinski definition) is 3. The van der Waals surface area contributed by atoms with E-state index in [-0.39, 0.29) is 24.3 Å². The number of aryl methyl sites for hydroxylation is 1. The summed E-state index contributed by atoms with van der Waals surface area (Å²) >= 11 is 0. The van der Waals surface area contributed by atoms with E-state index >= 15 is 0 Å². The largest absolute Gasteiger partial charge is 0.359 e. The molecule has 0 spiro atoms. The summed E-state index contributed by atoms with van der Waals surface area (Å²) in [6, 6.07) is 13.5. The van der Waals surface area contributed by atoms with Gasteiger partial charge in [-0.3, -0.25) is 14.3 Å². The van der Waals surface area contributed by atoms with Crippen molar-refractivity contribution in [2.24, 2.45) is 7.05 Å². The zero-order chi connectivity index (χ0) is 19.6. The highest BCUT2D eigenvalue weighted by Gasteiger charge is 2.20. The van der Waals surface area contributed by atoms with Gasteiger partial charge in [0.25, 0.3) is 5.91 Å². The van der Waals surface area contributed by atoms with E-state index in [9.17, 15) is 9.59 Å². The molecule has 0 aliphatic heterocycles. The standard InChI is InChI=1S/C21H24N4O2/c1-14(10-20(26)22-2)24(3)21(27)17-7-5-6-15(11-17)16-8-9-19-18(12-16)13-23-25(19)4/h5-9,11-14H,10H2,1-4H3,(H,22,26)/t14-/m0/s1. The average Bonchev–Trinajstić information content (AvgIpc) is 3.07. The van der Waals surface area contributed by atoms with Gasteiger partial charge in [0.05, 0.1) is 11.7 Å². The Labute approximate surface area is 158 Å². The minimum atomic E-state index is -0.187. The van der Waals surface area contributed by atoms with Crippen molar-refractivity contribution in [1.82, 2.24) is 20.0 Å². The van der Waals surface area contributed by atoms with Crippen molar-refractivity contribution in [2.75, 3.05) is 14.1 Å². The number of carbonyl (C=O) groups excluding carboxylic acids is 2. The molecule has 1 N–H and O–H groups in total. The van der Waals surface area contributed by atoms with Crippen molar-refractivity contribution in [3.63, 3.8) is 0 Å². The molecule has 1 atom stereocenters. The Kier molecular flexibility index (Phi) is 5.26. The second-order valence-corrected chi connectivity index (χ2v) is 6.76. The zero-order valence-electron chi connectivity index (χ0n) is 16.1. The number of nitrogens with one attached hydrogen (secondary N) is 1. The average molecular weight is 364 g/mol. The van der Waals surface area contributed by atoms with Crippen molar-refractivity contribution in [3.8, 4) is 11.1 Å². The van der Waals surface area contributed by atoms with Gasteiger partial charge >= 0.3 is 0 Å². The summed E-state index contributed by atoms with van der Waals surface area (Å²) in [5.41, 5.74) is 3.67. The highest BCUT2D eigenvalue weighted by atomic mass is 16.2. The number of aromatic nitrogens is 2. The lowest BCUT2D eigenvalue weighted by atomic mass is 10.0. The molecule has 0 bridgehead atoms. The van der Waals surface area contributed by atoms with Crippen LogP contribution in [0.2, 0.25) is 0 Å². The highest BCUT2D eigenvalue weighted by Crippen LogP contribution is 2.25. The van der Waals surface area contributed by atoms with E-state index in [2.05, 4.69) is 16.5 Å². The van der Waals surface area contributed by atoms with E-state index in [1.54, 1.807) is 25.1 Å². The molecule has 0 aliphatic rings. The normalized spacial score (nSPS) is 12.0. The second kappa shape index (κ2) is 7.61. The molecule has 6 heteroatoms. The van der Waals surface area contributed by atoms with Gasteiger partial charge in [-0.05, 0) is 42.3 Å². The lowest BCUT2D eigenvalue weighted by molar-refractivity contribution is -0.121. The maximum atomic E-state index is 12.8. The molecule has 0 saturated heterocycles. The topological polar surface area (TPSA) is 67.2 Å². The Morgan fingerprint density at radius 1 is 1.19 bits per heavy atom. The molecule has 2 aromatic carbocycles. The minimum absolute atomic E-state index is 0.0827. The van der Waals surface area contributed by atoms with Gasteiger partial charge in [0.2, 0.25) is 5.91 Å². The van der Waals surface area contributed by atoms with E-state index in [1.165, 1.54) is 0 Å². The predicted molar refractivity (Wildman–Crippen MR) is 106 cm³/mol. The summed E-state index contributed by atoms with van der Waals surface area (Å²) in [5, 5.41) is 7.92. The molecular formula is C21H24N4O2. The van der Waals surface area contributed by atoms with Crippen molar-refractivity contribution in [1.29, 1.82) is 0 Å². The van der Waals surface area contributed by atoms with Crippen LogP contribution in [0.1, 0.15) is 23.7 Å². The van der Waals surface area contributed by atoms with Crippen LogP contribution >= 0.6 is 0 Å². The van der Waals surface area contributed by atoms with E-state index in [0.717, 1.165) is 22.0 Å². The van der Waals surface area contributed by atoms with Gasteiger partial charge in [-0.2, -0.15) is 5.10 Å². The number of hydrogen-bond donors (Lipinski definition) is 1. The molecule has 27 heavy (non-hydrogen) atoms. The lowest BCUT2D eigenvalue weighted by Crippen LogP contribution is -2.38. The van der Waals surface area contributed by atoms with Gasteiger partial charge in [0.1, 0.15) is 0 Å². The van der Waals surface area contributed by atoms with Crippen LogP contribution in [0.15, 0.2) is 48.7 Å². The molecule has 0 fully saturated rings. The first-order valence-electron chi connectivity index (χ1n) is 8.90. The molecule has 140 valence electrons. The fraction of sp³-hybridized carbons (Fsp3) is 0.286. The molecule has 6 nitrogen and oxygen atoms in total. The van der Waals surface area contributed by atoms with Gasteiger partial charge in [0.15, 0.2) is 0 Å². The Morgan fingerprint density at radius 3 is 2.67 bits per heavy atom. The Balaban J connectivity index is 1.85. The van der Waals surface area contributed by atoms with Crippen LogP contribution < -0.4 is 5.32 Å². The molecule has 0 unspecified atom stereocenters. The quantitative estimate of drug-likeness (QED) is 0.757. The molecule has 0 radical (unpaired) electrons. The van der Waals surface area contributed by atoms with E-state index < -0.39 is 0 Å². The van der Waals surface area contributed by atoms with Crippen LogP contribution in [0.3, 0.4) is 0 Å². The van der Waals surface area contributed by atoms with Crippen LogP contribution in [0, 0.1) is 0 Å². The summed E-state index contributed by atoms with van der Waals surface area (Å²) in [5.74, 6) is -0.184. The first-order chi connectivity index (χ1) is 12.9. The summed E-state index contributed by atoms with van der Waals surface area (Å²) < 4.78 is 1.84. The van der Waals surface area contributed by atoms with Crippen molar-refractivity contribution >= 4 is 22.7 Å². The van der Waals surface area contributed by atoms with Crippen molar-refractivity contribution in [3.05, 3.63) is 54.2 Å². The molecular weight excluding hydrogens is 340 g/mol. The Bertz CT molecular complexity index is 993. The first kappa shape index (κ1) is 18.6. The molecule has 1 aromatic heterocycles. The van der Waals surface area contributed by atoms with E-state index in [0.29, 0.717) is 5.56 Å². The van der Waals surface area contributed by atoms with E-state index in [4.69, 9.17) is 0 Å². The maximum Gasteiger partial charge on any atom is 0.253 e. The third-order valence-corrected chi connectivity index (χ3v) is 4.93. The fourth-order valence-electron chi connectivity index (χ4n) is 3.09. The summed E-state index contributed by atoms with van der Waals surface area (Å²) in [6.45, 7) is 1.87. The maximum absolute atomic E-state index is 12.8. The number of fused-ring (bicyclic) bond motifs is 1. The van der Waals surface area contributed by atoms with Crippen molar-refractivity contribution in [2.45, 2.75) is 19.4 Å². The lowest BCUT2D eigenvalue weighted by Gasteiger charge is -2.24. The molecule has 0 aliphatic carbocycles. The predicted octanol–water partition coefficient (Wildman–Crippen LogP) is 2.84. The summed E-state index contributed by atoms with van der Waals surface area (Å²) in [7, 11) is 5.24. The third kappa shape index (κ3) is 3.84. The zero-order valence-corrected chi connectivity index (χ0v) is 16.1. The van der Waals surface area contributed by atoms with Crippen LogP contribution in [0.4, 0.5) is 0 Å². The number of rotatable bonds is 5. The number of carbonyl (C=O) groups is 2. The van der Waals surface area contributed by atoms with Crippen LogP contribution in [-0.2, 0) is 11.8 Å². The smallest absolute Gasteiger partial charge is 0.253 e. The van der Waals surface area contributed by atoms with Gasteiger partial charge in [0, 0.05) is 44.6 Å². The van der Waals surface area contributed by atoms with Gasteiger partial charge in [-0.25, -0.2) is 0 Å².